The van der Waals surface area contributed by atoms with E-state index < -0.39 is 18.0 Å². The van der Waals surface area contributed by atoms with E-state index in [1.165, 1.54) is 128 Å². The zero-order valence-electron chi connectivity index (χ0n) is 25.5. The van der Waals surface area contributed by atoms with Crippen LogP contribution in [-0.2, 0) is 9.59 Å². The van der Waals surface area contributed by atoms with Crippen molar-refractivity contribution in [2.45, 2.75) is 187 Å². The molecule has 0 aromatic heterocycles. The molecule has 0 aliphatic carbocycles. The van der Waals surface area contributed by atoms with Crippen LogP contribution < -0.4 is 0 Å². The Morgan fingerprint density at radius 2 is 0.789 bits per heavy atom. The minimum atomic E-state index is -0.910. The van der Waals surface area contributed by atoms with Gasteiger partial charge in [-0.1, -0.05) is 155 Å². The fourth-order valence-electron chi connectivity index (χ4n) is 5.46. The Hall–Kier alpha value is -1.10. The van der Waals surface area contributed by atoms with Crippen molar-refractivity contribution in [3.05, 3.63) is 0 Å². The van der Waals surface area contributed by atoms with Gasteiger partial charge in [0.2, 0.25) is 0 Å². The lowest BCUT2D eigenvalue weighted by atomic mass is 10.0. The summed E-state index contributed by atoms with van der Waals surface area (Å²) in [6, 6.07) is -0.675. The summed E-state index contributed by atoms with van der Waals surface area (Å²) in [5.41, 5.74) is 0. The van der Waals surface area contributed by atoms with E-state index in [9.17, 15) is 14.7 Å². The lowest BCUT2D eigenvalue weighted by molar-refractivity contribution is -0.144. The summed E-state index contributed by atoms with van der Waals surface area (Å²) in [5, 5.41) is 18.9. The summed E-state index contributed by atoms with van der Waals surface area (Å²) in [7, 11) is 0. The molecule has 0 aromatic carbocycles. The van der Waals surface area contributed by atoms with Gasteiger partial charge < -0.3 is 10.2 Å². The first-order valence-electron chi connectivity index (χ1n) is 16.7. The molecule has 1 unspecified atom stereocenters. The number of unbranched alkanes of at least 4 members (excludes halogenated alkanes) is 22. The molecule has 0 bridgehead atoms. The van der Waals surface area contributed by atoms with Crippen molar-refractivity contribution < 1.29 is 19.8 Å². The molecule has 226 valence electrons. The largest absolute Gasteiger partial charge is 0.481 e. The van der Waals surface area contributed by atoms with E-state index in [0.29, 0.717) is 0 Å². The molecule has 5 heteroatoms. The lowest BCUT2D eigenvalue weighted by Gasteiger charge is -2.28. The van der Waals surface area contributed by atoms with E-state index in [1.807, 2.05) is 0 Å². The molecule has 0 radical (unpaired) electrons. The summed E-state index contributed by atoms with van der Waals surface area (Å²) in [6.07, 6.45) is 31.1. The first kappa shape index (κ1) is 36.9. The van der Waals surface area contributed by atoms with Crippen molar-refractivity contribution in [2.75, 3.05) is 13.1 Å². The molecule has 0 aliphatic heterocycles. The van der Waals surface area contributed by atoms with Gasteiger partial charge in [-0.25, -0.2) is 0 Å². The molecule has 0 amide bonds. The van der Waals surface area contributed by atoms with Gasteiger partial charge in [-0.05, 0) is 32.4 Å². The maximum Gasteiger partial charge on any atom is 0.320 e. The van der Waals surface area contributed by atoms with Crippen molar-refractivity contribution in [2.24, 2.45) is 0 Å². The Bertz CT molecular complexity index is 497. The van der Waals surface area contributed by atoms with E-state index in [0.717, 1.165) is 38.8 Å². The van der Waals surface area contributed by atoms with Crippen molar-refractivity contribution >= 4 is 11.9 Å². The summed E-state index contributed by atoms with van der Waals surface area (Å²) >= 11 is 0. The van der Waals surface area contributed by atoms with Crippen LogP contribution in [0.1, 0.15) is 181 Å². The highest BCUT2D eigenvalue weighted by atomic mass is 16.4. The molecule has 5 nitrogen and oxygen atoms in total. The Labute approximate surface area is 236 Å². The van der Waals surface area contributed by atoms with Gasteiger partial charge >= 0.3 is 11.9 Å². The number of carbonyl (C=O) groups is 2. The molecule has 2 N–H and O–H groups in total. The van der Waals surface area contributed by atoms with E-state index >= 15 is 0 Å². The fourth-order valence-corrected chi connectivity index (χ4v) is 5.46. The maximum absolute atomic E-state index is 12.0. The number of hydrogen-bond donors (Lipinski definition) is 2. The van der Waals surface area contributed by atoms with Crippen molar-refractivity contribution in [1.82, 2.24) is 4.90 Å². The Morgan fingerprint density at radius 1 is 0.500 bits per heavy atom. The van der Waals surface area contributed by atoms with Crippen molar-refractivity contribution in [3.63, 3.8) is 0 Å². The number of aliphatic carboxylic acids is 2. The lowest BCUT2D eigenvalue weighted by Crippen LogP contribution is -2.42. The molecule has 0 fully saturated rings. The average molecular weight is 540 g/mol. The topological polar surface area (TPSA) is 77.8 Å². The highest BCUT2D eigenvalue weighted by Gasteiger charge is 2.25. The van der Waals surface area contributed by atoms with Gasteiger partial charge in [0, 0.05) is 6.42 Å². The van der Waals surface area contributed by atoms with Gasteiger partial charge in [0.05, 0.1) is 0 Å². The van der Waals surface area contributed by atoms with Crippen LogP contribution in [0.25, 0.3) is 0 Å². The number of carboxylic acid groups (broad SMARTS) is 2. The van der Waals surface area contributed by atoms with E-state index in [2.05, 4.69) is 18.7 Å². The minimum absolute atomic E-state index is 0.0790. The van der Waals surface area contributed by atoms with Crippen LogP contribution in [0.4, 0.5) is 0 Å². The number of carboxylic acids is 2. The second-order valence-corrected chi connectivity index (χ2v) is 11.6. The Kier molecular flexibility index (Phi) is 28.1. The van der Waals surface area contributed by atoms with Gasteiger partial charge in [-0.3, -0.25) is 14.5 Å². The van der Waals surface area contributed by atoms with Crippen molar-refractivity contribution in [3.8, 4) is 0 Å². The van der Waals surface area contributed by atoms with Gasteiger partial charge in [-0.15, -0.1) is 0 Å². The van der Waals surface area contributed by atoms with Gasteiger partial charge in [-0.2, -0.15) is 0 Å². The van der Waals surface area contributed by atoms with E-state index in [1.54, 1.807) is 0 Å². The normalized spacial score (nSPS) is 12.3. The van der Waals surface area contributed by atoms with Crippen LogP contribution in [0.2, 0.25) is 0 Å². The van der Waals surface area contributed by atoms with Crippen LogP contribution in [0, 0.1) is 0 Å². The first-order valence-corrected chi connectivity index (χ1v) is 16.7. The third kappa shape index (κ3) is 25.2. The molecule has 38 heavy (non-hydrogen) atoms. The molecular weight excluding hydrogens is 474 g/mol. The third-order valence-electron chi connectivity index (χ3n) is 7.96. The number of nitrogens with zero attached hydrogens (tertiary/aromatic N) is 1. The summed E-state index contributed by atoms with van der Waals surface area (Å²) in [6.45, 7) is 6.06. The first-order chi connectivity index (χ1) is 18.5. The quantitative estimate of drug-likeness (QED) is 0.0857. The van der Waals surface area contributed by atoms with Crippen LogP contribution in [0.5, 0.6) is 0 Å². The second kappa shape index (κ2) is 28.9. The minimum Gasteiger partial charge on any atom is -0.481 e. The zero-order valence-corrected chi connectivity index (χ0v) is 25.5. The molecular formula is C33H65NO4. The highest BCUT2D eigenvalue weighted by Crippen LogP contribution is 2.16. The molecule has 0 aromatic rings. The predicted octanol–water partition coefficient (Wildman–Crippen LogP) is 10.0. The monoisotopic (exact) mass is 539 g/mol. The summed E-state index contributed by atoms with van der Waals surface area (Å²) in [4.78, 5) is 25.1. The molecule has 0 spiro atoms. The van der Waals surface area contributed by atoms with E-state index in [4.69, 9.17) is 5.11 Å². The van der Waals surface area contributed by atoms with E-state index in [-0.39, 0.29) is 12.8 Å². The molecule has 0 rings (SSSR count). The van der Waals surface area contributed by atoms with Crippen LogP contribution in [-0.4, -0.2) is 46.2 Å². The molecule has 0 heterocycles. The SMILES string of the molecule is CCCCCCCCCCCCCCN(CCCCCCCCCCCCCC)C(CCC(=O)O)C(=O)O. The van der Waals surface area contributed by atoms with Crippen LogP contribution in [0.15, 0.2) is 0 Å². The highest BCUT2D eigenvalue weighted by molar-refractivity contribution is 5.75. The fraction of sp³-hybridized carbons (Fsp3) is 0.939. The zero-order chi connectivity index (χ0) is 28.1. The average Bonchev–Trinajstić information content (AvgIpc) is 2.89. The maximum atomic E-state index is 12.0. The number of rotatable bonds is 31. The van der Waals surface area contributed by atoms with Gasteiger partial charge in [0.1, 0.15) is 6.04 Å². The number of hydrogen-bond acceptors (Lipinski definition) is 3. The molecule has 0 saturated heterocycles. The van der Waals surface area contributed by atoms with Gasteiger partial charge in [0.25, 0.3) is 0 Å². The predicted molar refractivity (Wildman–Crippen MR) is 162 cm³/mol. The molecule has 1 atom stereocenters. The van der Waals surface area contributed by atoms with Crippen LogP contribution in [0.3, 0.4) is 0 Å². The molecule has 0 saturated carbocycles. The summed E-state index contributed by atoms with van der Waals surface area (Å²) < 4.78 is 0. The van der Waals surface area contributed by atoms with Crippen molar-refractivity contribution in [1.29, 1.82) is 0 Å². The van der Waals surface area contributed by atoms with Gasteiger partial charge in [0.15, 0.2) is 0 Å². The molecule has 0 aliphatic rings. The smallest absolute Gasteiger partial charge is 0.320 e. The Balaban J connectivity index is 4.13. The Morgan fingerprint density at radius 3 is 1.05 bits per heavy atom. The summed E-state index contributed by atoms with van der Waals surface area (Å²) in [5.74, 6) is -1.78. The van der Waals surface area contributed by atoms with Crippen LogP contribution >= 0.6 is 0 Å². The standard InChI is InChI=1S/C33H65NO4/c1-3-5-7-9-11-13-15-17-19-21-23-25-29-34(31(33(37)38)27-28-32(35)36)30-26-24-22-20-18-16-14-12-10-8-6-4-2/h31H,3-30H2,1-2H3,(H,35,36)(H,37,38). The third-order valence-corrected chi connectivity index (χ3v) is 7.96. The second-order valence-electron chi connectivity index (χ2n) is 11.6.